The van der Waals surface area contributed by atoms with Crippen LogP contribution in [0.2, 0.25) is 0 Å². The second kappa shape index (κ2) is 6.68. The van der Waals surface area contributed by atoms with E-state index in [2.05, 4.69) is 10.1 Å². The minimum atomic E-state index is -3.57. The standard InChI is InChI=1S/C16H15N3O4S2/c20-25(21,12-5-2-1-3-6-12)19-8-9-22-13(11-19)16-17-15(18-23-16)14-7-4-10-24-14/h1-7,10,13H,8-9,11H2/t13-/m1/s1. The Balaban J connectivity index is 1.55. The number of nitrogens with zero attached hydrogens (tertiary/aromatic N) is 3. The number of sulfonamides is 1. The molecule has 1 fully saturated rings. The normalized spacial score (nSPS) is 19.1. The average molecular weight is 377 g/mol. The predicted molar refractivity (Wildman–Crippen MR) is 91.5 cm³/mol. The van der Waals surface area contributed by atoms with E-state index in [1.54, 1.807) is 30.3 Å². The molecule has 0 unspecified atom stereocenters. The summed E-state index contributed by atoms with van der Waals surface area (Å²) in [4.78, 5) is 5.50. The molecule has 0 radical (unpaired) electrons. The molecule has 0 N–H and O–H groups in total. The first-order chi connectivity index (χ1) is 12.1. The van der Waals surface area contributed by atoms with Gasteiger partial charge in [-0.15, -0.1) is 11.3 Å². The van der Waals surface area contributed by atoms with Gasteiger partial charge in [0.2, 0.25) is 15.8 Å². The Kier molecular flexibility index (Phi) is 4.38. The van der Waals surface area contributed by atoms with E-state index in [0.29, 0.717) is 12.4 Å². The molecular weight excluding hydrogens is 362 g/mol. The third-order valence-electron chi connectivity index (χ3n) is 3.87. The molecule has 25 heavy (non-hydrogen) atoms. The van der Waals surface area contributed by atoms with Crippen LogP contribution < -0.4 is 0 Å². The molecule has 1 atom stereocenters. The van der Waals surface area contributed by atoms with E-state index in [9.17, 15) is 8.42 Å². The highest BCUT2D eigenvalue weighted by Gasteiger charge is 2.34. The monoisotopic (exact) mass is 377 g/mol. The maximum atomic E-state index is 12.8. The maximum Gasteiger partial charge on any atom is 0.257 e. The predicted octanol–water partition coefficient (Wildman–Crippen LogP) is 2.56. The summed E-state index contributed by atoms with van der Waals surface area (Å²) in [5.41, 5.74) is 0. The number of benzene rings is 1. The Labute approximate surface area is 148 Å². The SMILES string of the molecule is O=S(=O)(c1ccccc1)N1CCO[C@@H](c2nc(-c3cccs3)no2)C1. The van der Waals surface area contributed by atoms with E-state index >= 15 is 0 Å². The van der Waals surface area contributed by atoms with Gasteiger partial charge < -0.3 is 9.26 Å². The van der Waals surface area contributed by atoms with Gasteiger partial charge in [0, 0.05) is 13.1 Å². The molecule has 4 rings (SSSR count). The molecule has 2 aromatic heterocycles. The largest absolute Gasteiger partial charge is 0.366 e. The molecular formula is C16H15N3O4S2. The Bertz CT molecular complexity index is 939. The Morgan fingerprint density at radius 2 is 2.00 bits per heavy atom. The zero-order valence-corrected chi connectivity index (χ0v) is 14.7. The highest BCUT2D eigenvalue weighted by atomic mass is 32.2. The van der Waals surface area contributed by atoms with Gasteiger partial charge in [-0.2, -0.15) is 9.29 Å². The number of hydrogen-bond donors (Lipinski definition) is 0. The molecule has 1 saturated heterocycles. The lowest BCUT2D eigenvalue weighted by atomic mass is 10.3. The fraction of sp³-hybridized carbons (Fsp3) is 0.250. The quantitative estimate of drug-likeness (QED) is 0.695. The number of ether oxygens (including phenoxy) is 1. The fourth-order valence-electron chi connectivity index (χ4n) is 2.61. The maximum absolute atomic E-state index is 12.8. The lowest BCUT2D eigenvalue weighted by Gasteiger charge is -2.30. The summed E-state index contributed by atoms with van der Waals surface area (Å²) >= 11 is 1.51. The molecule has 1 aromatic carbocycles. The highest BCUT2D eigenvalue weighted by Crippen LogP contribution is 2.28. The molecule has 0 saturated carbocycles. The first-order valence-corrected chi connectivity index (χ1v) is 10.0. The number of morpholine rings is 1. The van der Waals surface area contributed by atoms with E-state index in [0.717, 1.165) is 4.88 Å². The highest BCUT2D eigenvalue weighted by molar-refractivity contribution is 7.89. The fourth-order valence-corrected chi connectivity index (χ4v) is 4.70. The molecule has 1 aliphatic rings. The van der Waals surface area contributed by atoms with Crippen molar-refractivity contribution < 1.29 is 17.7 Å². The van der Waals surface area contributed by atoms with Crippen LogP contribution in [0.5, 0.6) is 0 Å². The lowest BCUT2D eigenvalue weighted by molar-refractivity contribution is -0.0199. The zero-order valence-electron chi connectivity index (χ0n) is 13.1. The first kappa shape index (κ1) is 16.4. The van der Waals surface area contributed by atoms with Crippen LogP contribution in [0, 0.1) is 0 Å². The number of hydrogen-bond acceptors (Lipinski definition) is 7. The summed E-state index contributed by atoms with van der Waals surface area (Å²) in [5, 5.41) is 5.88. The van der Waals surface area contributed by atoms with E-state index in [4.69, 9.17) is 9.26 Å². The van der Waals surface area contributed by atoms with Gasteiger partial charge in [-0.25, -0.2) is 8.42 Å². The lowest BCUT2D eigenvalue weighted by Crippen LogP contribution is -2.42. The van der Waals surface area contributed by atoms with Crippen LogP contribution in [-0.2, 0) is 14.8 Å². The number of aromatic nitrogens is 2. The first-order valence-electron chi connectivity index (χ1n) is 7.69. The van der Waals surface area contributed by atoms with E-state index in [1.807, 2.05) is 17.5 Å². The summed E-state index contributed by atoms with van der Waals surface area (Å²) in [6, 6.07) is 12.2. The van der Waals surface area contributed by atoms with Crippen LogP contribution in [0.3, 0.4) is 0 Å². The van der Waals surface area contributed by atoms with Gasteiger partial charge in [0.1, 0.15) is 0 Å². The molecule has 0 spiro atoms. The van der Waals surface area contributed by atoms with Gasteiger partial charge in [-0.05, 0) is 23.6 Å². The van der Waals surface area contributed by atoms with Crippen LogP contribution in [0.1, 0.15) is 12.0 Å². The number of thiophene rings is 1. The Morgan fingerprint density at radius 3 is 2.76 bits per heavy atom. The van der Waals surface area contributed by atoms with E-state index in [1.165, 1.54) is 15.6 Å². The molecule has 130 valence electrons. The molecule has 0 amide bonds. The molecule has 3 heterocycles. The number of rotatable bonds is 4. The van der Waals surface area contributed by atoms with E-state index < -0.39 is 16.1 Å². The molecule has 7 nitrogen and oxygen atoms in total. The summed E-state index contributed by atoms with van der Waals surface area (Å²) in [7, 11) is -3.57. The van der Waals surface area contributed by atoms with Crippen molar-refractivity contribution in [3.05, 3.63) is 53.7 Å². The summed E-state index contributed by atoms with van der Waals surface area (Å²) in [6.07, 6.45) is -0.576. The third kappa shape index (κ3) is 3.23. The van der Waals surface area contributed by atoms with Gasteiger partial charge in [0.05, 0.1) is 16.4 Å². The van der Waals surface area contributed by atoms with Gasteiger partial charge in [0.25, 0.3) is 5.89 Å². The second-order valence-electron chi connectivity index (χ2n) is 5.47. The van der Waals surface area contributed by atoms with Crippen molar-refractivity contribution in [1.82, 2.24) is 14.4 Å². The van der Waals surface area contributed by atoms with Gasteiger partial charge in [0.15, 0.2) is 6.10 Å². The summed E-state index contributed by atoms with van der Waals surface area (Å²) in [6.45, 7) is 0.705. The zero-order chi connectivity index (χ0) is 17.3. The Morgan fingerprint density at radius 1 is 1.16 bits per heavy atom. The molecule has 1 aliphatic heterocycles. The second-order valence-corrected chi connectivity index (χ2v) is 8.35. The van der Waals surface area contributed by atoms with Crippen molar-refractivity contribution in [3.63, 3.8) is 0 Å². The van der Waals surface area contributed by atoms with Crippen molar-refractivity contribution in [2.75, 3.05) is 19.7 Å². The van der Waals surface area contributed by atoms with Gasteiger partial charge in [-0.1, -0.05) is 29.4 Å². The minimum absolute atomic E-state index is 0.142. The van der Waals surface area contributed by atoms with Crippen LogP contribution in [0.4, 0.5) is 0 Å². The van der Waals surface area contributed by atoms with Crippen molar-refractivity contribution in [2.24, 2.45) is 0 Å². The van der Waals surface area contributed by atoms with Crippen LogP contribution in [-0.4, -0.2) is 42.6 Å². The third-order valence-corrected chi connectivity index (χ3v) is 6.61. The van der Waals surface area contributed by atoms with Crippen molar-refractivity contribution >= 4 is 21.4 Å². The Hall–Kier alpha value is -2.07. The minimum Gasteiger partial charge on any atom is -0.366 e. The molecule has 9 heteroatoms. The average Bonchev–Trinajstić information content (AvgIpc) is 3.34. The summed E-state index contributed by atoms with van der Waals surface area (Å²) < 4.78 is 37.9. The van der Waals surface area contributed by atoms with Crippen LogP contribution >= 0.6 is 11.3 Å². The summed E-state index contributed by atoms with van der Waals surface area (Å²) in [5.74, 6) is 0.771. The smallest absolute Gasteiger partial charge is 0.257 e. The molecule has 0 aliphatic carbocycles. The van der Waals surface area contributed by atoms with Crippen molar-refractivity contribution in [3.8, 4) is 10.7 Å². The topological polar surface area (TPSA) is 85.5 Å². The van der Waals surface area contributed by atoms with Crippen LogP contribution in [0.25, 0.3) is 10.7 Å². The molecule has 3 aromatic rings. The van der Waals surface area contributed by atoms with Crippen molar-refractivity contribution in [2.45, 2.75) is 11.0 Å². The van der Waals surface area contributed by atoms with Crippen molar-refractivity contribution in [1.29, 1.82) is 0 Å². The molecule has 0 bridgehead atoms. The van der Waals surface area contributed by atoms with Gasteiger partial charge >= 0.3 is 0 Å². The van der Waals surface area contributed by atoms with Crippen LogP contribution in [0.15, 0.2) is 57.3 Å². The van der Waals surface area contributed by atoms with Gasteiger partial charge in [-0.3, -0.25) is 0 Å². The van der Waals surface area contributed by atoms with E-state index in [-0.39, 0.29) is 23.9 Å².